The van der Waals surface area contributed by atoms with Crippen molar-refractivity contribution in [3.8, 4) is 0 Å². The second-order valence-electron chi connectivity index (χ2n) is 4.17. The van der Waals surface area contributed by atoms with Gasteiger partial charge in [0, 0.05) is 0 Å². The van der Waals surface area contributed by atoms with Crippen molar-refractivity contribution in [2.24, 2.45) is 0 Å². The molecule has 0 spiro atoms. The molecule has 2 nitrogen and oxygen atoms in total. The topological polar surface area (TPSA) is 26.3 Å². The molecule has 0 N–H and O–H groups in total. The summed E-state index contributed by atoms with van der Waals surface area (Å²) in [5, 5.41) is 1.91. The fraction of sp³-hybridized carbons (Fsp3) is 0.500. The number of hydrogen-bond acceptors (Lipinski definition) is 3. The van der Waals surface area contributed by atoms with Crippen molar-refractivity contribution in [1.82, 2.24) is 0 Å². The molecule has 1 rings (SSSR count). The van der Waals surface area contributed by atoms with Gasteiger partial charge in [0.1, 0.15) is 0 Å². The predicted octanol–water partition coefficient (Wildman–Crippen LogP) is 2.47. The van der Waals surface area contributed by atoms with Crippen LogP contribution >= 0.6 is 11.3 Å². The molecule has 0 aromatic carbocycles. The Labute approximate surface area is 93.2 Å². The van der Waals surface area contributed by atoms with Crippen LogP contribution in [-0.2, 0) is 4.74 Å². The van der Waals surface area contributed by atoms with Crippen LogP contribution in [0.2, 0.25) is 14.8 Å². The summed E-state index contributed by atoms with van der Waals surface area (Å²) in [6.07, 6.45) is 0. The van der Waals surface area contributed by atoms with Crippen molar-refractivity contribution in [2.45, 2.75) is 21.7 Å². The third-order valence-corrected chi connectivity index (χ3v) is 12.3. The molecule has 78 valence electrons. The van der Waals surface area contributed by atoms with E-state index in [4.69, 9.17) is 4.74 Å². The van der Waals surface area contributed by atoms with Gasteiger partial charge >= 0.3 is 93.5 Å². The van der Waals surface area contributed by atoms with Crippen LogP contribution in [0.25, 0.3) is 0 Å². The molecule has 1 aromatic heterocycles. The van der Waals surface area contributed by atoms with E-state index in [9.17, 15) is 4.79 Å². The quantitative estimate of drug-likeness (QED) is 0.632. The summed E-state index contributed by atoms with van der Waals surface area (Å²) in [6.45, 7) is 2.27. The summed E-state index contributed by atoms with van der Waals surface area (Å²) in [5.41, 5.74) is 0.721. The zero-order chi connectivity index (χ0) is 10.8. The molecule has 0 radical (unpaired) electrons. The molecular formula is C10H16O2SSn. The Morgan fingerprint density at radius 3 is 2.57 bits per heavy atom. The number of carbonyl (C=O) groups excluding carboxylic acids is 1. The van der Waals surface area contributed by atoms with E-state index in [2.05, 4.69) is 14.8 Å². The third-order valence-electron chi connectivity index (χ3n) is 1.85. The van der Waals surface area contributed by atoms with Gasteiger partial charge in [-0.05, 0) is 0 Å². The van der Waals surface area contributed by atoms with Crippen molar-refractivity contribution in [1.29, 1.82) is 0 Å². The first-order chi connectivity index (χ1) is 6.45. The second-order valence-corrected chi connectivity index (χ2v) is 20.5. The molecule has 0 fully saturated rings. The van der Waals surface area contributed by atoms with Gasteiger partial charge in [0.25, 0.3) is 0 Å². The van der Waals surface area contributed by atoms with E-state index in [1.807, 2.05) is 18.4 Å². The normalized spacial score (nSPS) is 11.4. The van der Waals surface area contributed by atoms with Crippen LogP contribution < -0.4 is 2.89 Å². The maximum absolute atomic E-state index is 11.4. The number of hydrogen-bond donors (Lipinski definition) is 0. The molecule has 0 aliphatic heterocycles. The second kappa shape index (κ2) is 4.66. The molecule has 1 aromatic rings. The number of carbonyl (C=O) groups is 1. The molecule has 0 aliphatic rings. The van der Waals surface area contributed by atoms with E-state index in [-0.39, 0.29) is 5.97 Å². The van der Waals surface area contributed by atoms with Crippen LogP contribution in [0.4, 0.5) is 0 Å². The number of esters is 1. The van der Waals surface area contributed by atoms with E-state index in [0.717, 1.165) is 5.56 Å². The average Bonchev–Trinajstić information content (AvgIpc) is 2.51. The van der Waals surface area contributed by atoms with Crippen molar-refractivity contribution < 1.29 is 9.53 Å². The van der Waals surface area contributed by atoms with Gasteiger partial charge in [-0.25, -0.2) is 0 Å². The van der Waals surface area contributed by atoms with E-state index in [1.165, 1.54) is 2.89 Å². The van der Waals surface area contributed by atoms with Gasteiger partial charge in [-0.3, -0.25) is 0 Å². The summed E-state index contributed by atoms with van der Waals surface area (Å²) in [6, 6.07) is 2.01. The summed E-state index contributed by atoms with van der Waals surface area (Å²) in [7, 11) is 0. The molecule has 0 aliphatic carbocycles. The van der Waals surface area contributed by atoms with Crippen molar-refractivity contribution in [3.63, 3.8) is 0 Å². The van der Waals surface area contributed by atoms with Crippen LogP contribution in [-0.4, -0.2) is 31.0 Å². The zero-order valence-corrected chi connectivity index (χ0v) is 12.8. The van der Waals surface area contributed by atoms with Crippen molar-refractivity contribution in [3.05, 3.63) is 17.0 Å². The monoisotopic (exact) mass is 320 g/mol. The minimum absolute atomic E-state index is 0.189. The van der Waals surface area contributed by atoms with Gasteiger partial charge < -0.3 is 0 Å². The summed E-state index contributed by atoms with van der Waals surface area (Å²) in [4.78, 5) is 18.4. The zero-order valence-electron chi connectivity index (χ0n) is 9.09. The summed E-state index contributed by atoms with van der Waals surface area (Å²) >= 11 is -0.272. The van der Waals surface area contributed by atoms with E-state index in [1.54, 1.807) is 11.3 Å². The van der Waals surface area contributed by atoms with Gasteiger partial charge in [0.2, 0.25) is 0 Å². The molecule has 0 bridgehead atoms. The number of ether oxygens (including phenoxy) is 1. The standard InChI is InChI=1S/C7H7O2S.3CH3.Sn/c1-2-9-7(8)6-3-4-10-5-6;;;;/h3,5H,2H2,1H3;3*1H3;. The molecule has 0 atom stereocenters. The fourth-order valence-electron chi connectivity index (χ4n) is 1.05. The van der Waals surface area contributed by atoms with Crippen LogP contribution in [0, 0.1) is 0 Å². The molecule has 1 heterocycles. The molecule has 0 unspecified atom stereocenters. The van der Waals surface area contributed by atoms with Crippen LogP contribution in [0.5, 0.6) is 0 Å². The van der Waals surface area contributed by atoms with E-state index < -0.39 is 18.4 Å². The van der Waals surface area contributed by atoms with Crippen molar-refractivity contribution >= 4 is 38.6 Å². The van der Waals surface area contributed by atoms with Crippen LogP contribution in [0.1, 0.15) is 17.3 Å². The first-order valence-corrected chi connectivity index (χ1v) is 15.6. The first-order valence-electron chi connectivity index (χ1n) is 4.71. The van der Waals surface area contributed by atoms with E-state index in [0.29, 0.717) is 6.61 Å². The summed E-state index contributed by atoms with van der Waals surface area (Å²) < 4.78 is 6.36. The Balaban J connectivity index is 2.83. The van der Waals surface area contributed by atoms with Crippen LogP contribution in [0.15, 0.2) is 11.4 Å². The SMILES string of the molecule is CCOC(=O)c1cs[c]([Sn]([CH3])([CH3])[CH3])c1. The molecule has 4 heteroatoms. The fourth-order valence-corrected chi connectivity index (χ4v) is 7.23. The minimum atomic E-state index is -1.98. The van der Waals surface area contributed by atoms with Gasteiger partial charge in [0.05, 0.1) is 0 Å². The van der Waals surface area contributed by atoms with Crippen molar-refractivity contribution in [2.75, 3.05) is 6.61 Å². The molecule has 0 saturated heterocycles. The molecule has 14 heavy (non-hydrogen) atoms. The third kappa shape index (κ3) is 2.98. The Hall–Kier alpha value is -0.0313. The predicted molar refractivity (Wildman–Crippen MR) is 63.3 cm³/mol. The molecule has 0 amide bonds. The molecule has 0 saturated carbocycles. The summed E-state index contributed by atoms with van der Waals surface area (Å²) in [5.74, 6) is -0.189. The number of rotatable bonds is 3. The van der Waals surface area contributed by atoms with Gasteiger partial charge in [-0.1, -0.05) is 0 Å². The maximum atomic E-state index is 11.4. The Morgan fingerprint density at radius 2 is 2.14 bits per heavy atom. The Morgan fingerprint density at radius 1 is 1.50 bits per heavy atom. The number of thiophene rings is 1. The molecular weight excluding hydrogens is 303 g/mol. The Bertz CT molecular complexity index is 325. The first kappa shape index (κ1) is 12.0. The van der Waals surface area contributed by atoms with Crippen LogP contribution in [0.3, 0.4) is 0 Å². The van der Waals surface area contributed by atoms with Gasteiger partial charge in [0.15, 0.2) is 0 Å². The van der Waals surface area contributed by atoms with E-state index >= 15 is 0 Å². The Kier molecular flexibility index (Phi) is 4.01. The van der Waals surface area contributed by atoms with Gasteiger partial charge in [-0.2, -0.15) is 0 Å². The average molecular weight is 319 g/mol. The van der Waals surface area contributed by atoms with Gasteiger partial charge in [-0.15, -0.1) is 0 Å².